The first-order valence-corrected chi connectivity index (χ1v) is 8.25. The van der Waals surface area contributed by atoms with Crippen LogP contribution in [0.3, 0.4) is 0 Å². The summed E-state index contributed by atoms with van der Waals surface area (Å²) in [4.78, 5) is 21.1. The van der Waals surface area contributed by atoms with E-state index in [-0.39, 0.29) is 30.6 Å². The van der Waals surface area contributed by atoms with Gasteiger partial charge in [0.15, 0.2) is 5.78 Å². The van der Waals surface area contributed by atoms with Crippen LogP contribution in [0.25, 0.3) is 10.8 Å². The number of nitrogens with zero attached hydrogens (tertiary/aromatic N) is 3. The van der Waals surface area contributed by atoms with Crippen molar-refractivity contribution < 1.29 is 4.79 Å². The van der Waals surface area contributed by atoms with Gasteiger partial charge in [0.05, 0.1) is 17.7 Å². The first-order chi connectivity index (χ1) is 11.2. The maximum absolute atomic E-state index is 11.9. The van der Waals surface area contributed by atoms with Crippen molar-refractivity contribution in [2.24, 2.45) is 4.99 Å². The van der Waals surface area contributed by atoms with Gasteiger partial charge in [0.25, 0.3) is 0 Å². The highest BCUT2D eigenvalue weighted by Crippen LogP contribution is 2.39. The molecule has 6 heteroatoms. The molecule has 0 N–H and O–H groups in total. The van der Waals surface area contributed by atoms with Gasteiger partial charge in [-0.1, -0.05) is 32.0 Å². The summed E-state index contributed by atoms with van der Waals surface area (Å²) in [6, 6.07) is 10.2. The van der Waals surface area contributed by atoms with E-state index in [0.717, 1.165) is 48.3 Å². The van der Waals surface area contributed by atoms with Crippen molar-refractivity contribution in [2.45, 2.75) is 20.8 Å². The SMILES string of the molecule is CCN(CC)CCN1C=Nc2c(C(C)=O)ccc3cccc1c23.Cl.Cl. The minimum Gasteiger partial charge on any atom is -0.330 e. The van der Waals surface area contributed by atoms with E-state index in [2.05, 4.69) is 46.8 Å². The third kappa shape index (κ3) is 4.14. The van der Waals surface area contributed by atoms with Crippen molar-refractivity contribution in [1.29, 1.82) is 0 Å². The predicted molar refractivity (Wildman–Crippen MR) is 112 cm³/mol. The van der Waals surface area contributed by atoms with Crippen molar-refractivity contribution in [3.8, 4) is 0 Å². The molecule has 136 valence electrons. The van der Waals surface area contributed by atoms with Crippen LogP contribution in [0.1, 0.15) is 31.1 Å². The number of hydrogen-bond donors (Lipinski definition) is 0. The summed E-state index contributed by atoms with van der Waals surface area (Å²) in [5.41, 5.74) is 2.65. The number of Topliss-reactive ketones (excluding diaryl/α,β-unsaturated/α-hetero) is 1. The Labute approximate surface area is 161 Å². The van der Waals surface area contributed by atoms with Gasteiger partial charge in [0.2, 0.25) is 0 Å². The number of benzene rings is 2. The largest absolute Gasteiger partial charge is 0.330 e. The Hall–Kier alpha value is -1.62. The normalized spacial score (nSPS) is 12.1. The Kier molecular flexibility index (Phi) is 7.87. The Balaban J connectivity index is 0.00000156. The molecule has 25 heavy (non-hydrogen) atoms. The summed E-state index contributed by atoms with van der Waals surface area (Å²) < 4.78 is 0. The van der Waals surface area contributed by atoms with Crippen molar-refractivity contribution in [1.82, 2.24) is 4.90 Å². The second-order valence-corrected chi connectivity index (χ2v) is 5.86. The number of halogens is 2. The molecule has 0 spiro atoms. The van der Waals surface area contributed by atoms with E-state index < -0.39 is 0 Å². The average Bonchev–Trinajstić information content (AvgIpc) is 2.57. The van der Waals surface area contributed by atoms with E-state index in [4.69, 9.17) is 0 Å². The zero-order valence-electron chi connectivity index (χ0n) is 14.9. The van der Waals surface area contributed by atoms with E-state index in [1.165, 1.54) is 0 Å². The zero-order chi connectivity index (χ0) is 16.4. The molecule has 0 radical (unpaired) electrons. The van der Waals surface area contributed by atoms with Crippen LogP contribution in [0.15, 0.2) is 35.3 Å². The number of hydrogen-bond acceptors (Lipinski definition) is 4. The third-order valence-electron chi connectivity index (χ3n) is 4.56. The van der Waals surface area contributed by atoms with Crippen LogP contribution < -0.4 is 4.90 Å². The molecule has 0 aliphatic carbocycles. The minimum atomic E-state index is 0. The number of likely N-dealkylation sites (N-methyl/N-ethyl adjacent to an activating group) is 1. The fourth-order valence-electron chi connectivity index (χ4n) is 3.16. The fraction of sp³-hybridized carbons (Fsp3) is 0.368. The van der Waals surface area contributed by atoms with Gasteiger partial charge in [-0.2, -0.15) is 0 Å². The number of carbonyl (C=O) groups is 1. The van der Waals surface area contributed by atoms with Crippen molar-refractivity contribution in [3.05, 3.63) is 35.9 Å². The van der Waals surface area contributed by atoms with Gasteiger partial charge >= 0.3 is 0 Å². The lowest BCUT2D eigenvalue weighted by molar-refractivity contribution is 0.101. The quantitative estimate of drug-likeness (QED) is 0.679. The highest BCUT2D eigenvalue weighted by atomic mass is 35.5. The van der Waals surface area contributed by atoms with Gasteiger partial charge in [-0.05, 0) is 37.5 Å². The first kappa shape index (κ1) is 21.4. The van der Waals surface area contributed by atoms with Crippen LogP contribution in [0.5, 0.6) is 0 Å². The zero-order valence-corrected chi connectivity index (χ0v) is 16.5. The first-order valence-electron chi connectivity index (χ1n) is 8.25. The molecule has 2 aromatic carbocycles. The smallest absolute Gasteiger partial charge is 0.161 e. The molecule has 4 nitrogen and oxygen atoms in total. The van der Waals surface area contributed by atoms with Gasteiger partial charge < -0.3 is 9.80 Å². The maximum atomic E-state index is 11.9. The van der Waals surface area contributed by atoms with Crippen molar-refractivity contribution >= 4 is 59.1 Å². The van der Waals surface area contributed by atoms with E-state index in [0.29, 0.717) is 5.56 Å². The van der Waals surface area contributed by atoms with Gasteiger partial charge in [-0.25, -0.2) is 4.99 Å². The Morgan fingerprint density at radius 1 is 1.12 bits per heavy atom. The summed E-state index contributed by atoms with van der Waals surface area (Å²) in [5.74, 6) is 0.0606. The molecular weight excluding hydrogens is 357 g/mol. The van der Waals surface area contributed by atoms with Crippen molar-refractivity contribution in [3.63, 3.8) is 0 Å². The Bertz CT molecular complexity index is 773. The van der Waals surface area contributed by atoms with Gasteiger partial charge in [0, 0.05) is 24.0 Å². The molecule has 1 aliphatic rings. The Morgan fingerprint density at radius 3 is 2.48 bits per heavy atom. The maximum Gasteiger partial charge on any atom is 0.161 e. The van der Waals surface area contributed by atoms with Crippen LogP contribution in [0.4, 0.5) is 11.4 Å². The lowest BCUT2D eigenvalue weighted by atomic mass is 9.99. The summed E-state index contributed by atoms with van der Waals surface area (Å²) in [5, 5.41) is 2.22. The van der Waals surface area contributed by atoms with E-state index in [1.807, 2.05) is 18.5 Å². The lowest BCUT2D eigenvalue weighted by Gasteiger charge is -2.28. The second-order valence-electron chi connectivity index (χ2n) is 5.86. The molecule has 0 amide bonds. The molecule has 0 saturated heterocycles. The molecule has 3 rings (SSSR count). The van der Waals surface area contributed by atoms with Crippen LogP contribution >= 0.6 is 24.8 Å². The minimum absolute atomic E-state index is 0. The van der Waals surface area contributed by atoms with Crippen LogP contribution in [0.2, 0.25) is 0 Å². The molecule has 0 bridgehead atoms. The number of carbonyl (C=O) groups excluding carboxylic acids is 1. The highest BCUT2D eigenvalue weighted by molar-refractivity contribution is 6.15. The molecule has 0 unspecified atom stereocenters. The Morgan fingerprint density at radius 2 is 1.84 bits per heavy atom. The van der Waals surface area contributed by atoms with E-state index in [9.17, 15) is 4.79 Å². The van der Waals surface area contributed by atoms with Crippen LogP contribution in [0, 0.1) is 0 Å². The number of anilines is 1. The van der Waals surface area contributed by atoms with E-state index >= 15 is 0 Å². The van der Waals surface area contributed by atoms with Gasteiger partial charge in [0.1, 0.15) is 0 Å². The summed E-state index contributed by atoms with van der Waals surface area (Å²) in [6.45, 7) is 9.97. The summed E-state index contributed by atoms with van der Waals surface area (Å²) >= 11 is 0. The molecule has 0 fully saturated rings. The third-order valence-corrected chi connectivity index (χ3v) is 4.56. The molecule has 1 aliphatic heterocycles. The summed E-state index contributed by atoms with van der Waals surface area (Å²) in [7, 11) is 0. The van der Waals surface area contributed by atoms with Gasteiger partial charge in [-0.15, -0.1) is 24.8 Å². The molecule has 1 heterocycles. The van der Waals surface area contributed by atoms with Crippen LogP contribution in [-0.4, -0.2) is 43.2 Å². The summed E-state index contributed by atoms with van der Waals surface area (Å²) in [6.07, 6.45) is 1.87. The molecule has 0 atom stereocenters. The van der Waals surface area contributed by atoms with Crippen LogP contribution in [-0.2, 0) is 0 Å². The molecule has 0 saturated carbocycles. The monoisotopic (exact) mass is 381 g/mol. The molecule has 0 aromatic heterocycles. The standard InChI is InChI=1S/C19H23N3O.2ClH/c1-4-21(5-2)11-12-22-13-20-19-16(14(3)23)10-9-15-7-6-8-17(22)18(15)19;;/h6-10,13H,4-5,11-12H2,1-3H3;2*1H. The topological polar surface area (TPSA) is 35.9 Å². The predicted octanol–water partition coefficient (Wildman–Crippen LogP) is 4.71. The highest BCUT2D eigenvalue weighted by Gasteiger charge is 2.20. The fourth-order valence-corrected chi connectivity index (χ4v) is 3.16. The van der Waals surface area contributed by atoms with E-state index in [1.54, 1.807) is 6.92 Å². The second kappa shape index (κ2) is 9.18. The lowest BCUT2D eigenvalue weighted by Crippen LogP contribution is -2.35. The molecule has 2 aromatic rings. The van der Waals surface area contributed by atoms with Crippen molar-refractivity contribution in [2.75, 3.05) is 31.1 Å². The average molecular weight is 382 g/mol. The van der Waals surface area contributed by atoms with Gasteiger partial charge in [-0.3, -0.25) is 4.79 Å². The molecular formula is C19H25Cl2N3O. The number of ketones is 1. The number of rotatable bonds is 6. The number of aliphatic imine (C=N–C) groups is 1.